The lowest BCUT2D eigenvalue weighted by atomic mass is 10.3. The maximum Gasteiger partial charge on any atom is 0.133 e. The lowest BCUT2D eigenvalue weighted by molar-refractivity contribution is 0.304. The highest BCUT2D eigenvalue weighted by atomic mass is 79.9. The van der Waals surface area contributed by atoms with Gasteiger partial charge in [-0.15, -0.1) is 0 Å². The smallest absolute Gasteiger partial charge is 0.133 e. The maximum absolute atomic E-state index is 5.74. The minimum Gasteiger partial charge on any atom is -0.488 e. The first-order valence-electron chi connectivity index (χ1n) is 6.35. The molecule has 0 spiro atoms. The minimum absolute atomic E-state index is 0.518. The Labute approximate surface area is 122 Å². The van der Waals surface area contributed by atoms with Gasteiger partial charge in [0.1, 0.15) is 18.2 Å². The van der Waals surface area contributed by atoms with Crippen molar-refractivity contribution in [3.63, 3.8) is 0 Å². The van der Waals surface area contributed by atoms with Crippen molar-refractivity contribution in [2.75, 3.05) is 11.9 Å². The first kappa shape index (κ1) is 13.9. The van der Waals surface area contributed by atoms with Crippen LogP contribution in [0.1, 0.15) is 18.9 Å². The molecule has 0 radical (unpaired) electrons. The molecule has 2 aromatic rings. The SMILES string of the molecule is CCCNc1ccc(COc2ccccc2Br)cn1. The molecule has 4 heteroatoms. The quantitative estimate of drug-likeness (QED) is 0.864. The molecular formula is C15H17BrN2O. The first-order valence-corrected chi connectivity index (χ1v) is 7.15. The number of rotatable bonds is 6. The Kier molecular flexibility index (Phi) is 5.21. The lowest BCUT2D eigenvalue weighted by Gasteiger charge is -2.08. The number of halogens is 1. The second kappa shape index (κ2) is 7.14. The molecule has 0 atom stereocenters. The maximum atomic E-state index is 5.74. The van der Waals surface area contributed by atoms with E-state index >= 15 is 0 Å². The topological polar surface area (TPSA) is 34.1 Å². The van der Waals surface area contributed by atoms with Gasteiger partial charge in [-0.25, -0.2) is 4.98 Å². The van der Waals surface area contributed by atoms with Crippen LogP contribution in [0.4, 0.5) is 5.82 Å². The summed E-state index contributed by atoms with van der Waals surface area (Å²) in [5.41, 5.74) is 1.05. The average Bonchev–Trinajstić information content (AvgIpc) is 2.45. The van der Waals surface area contributed by atoms with E-state index in [-0.39, 0.29) is 0 Å². The van der Waals surface area contributed by atoms with Gasteiger partial charge >= 0.3 is 0 Å². The van der Waals surface area contributed by atoms with Crippen molar-refractivity contribution in [3.05, 3.63) is 52.6 Å². The van der Waals surface area contributed by atoms with Gasteiger partial charge in [-0.3, -0.25) is 0 Å². The van der Waals surface area contributed by atoms with E-state index in [1.54, 1.807) is 0 Å². The van der Waals surface area contributed by atoms with Crippen molar-refractivity contribution < 1.29 is 4.74 Å². The molecule has 1 aromatic heterocycles. The van der Waals surface area contributed by atoms with E-state index in [9.17, 15) is 0 Å². The van der Waals surface area contributed by atoms with Crippen LogP contribution in [0, 0.1) is 0 Å². The van der Waals surface area contributed by atoms with Crippen LogP contribution in [0.25, 0.3) is 0 Å². The van der Waals surface area contributed by atoms with Gasteiger partial charge in [0.15, 0.2) is 0 Å². The molecule has 0 amide bonds. The molecule has 0 fully saturated rings. The number of benzene rings is 1. The lowest BCUT2D eigenvalue weighted by Crippen LogP contribution is -2.02. The van der Waals surface area contributed by atoms with Gasteiger partial charge in [0.05, 0.1) is 4.47 Å². The molecule has 100 valence electrons. The number of pyridine rings is 1. The van der Waals surface area contributed by atoms with E-state index in [1.807, 2.05) is 42.6 Å². The molecule has 3 nitrogen and oxygen atoms in total. The zero-order chi connectivity index (χ0) is 13.5. The van der Waals surface area contributed by atoms with Gasteiger partial charge in [0.2, 0.25) is 0 Å². The summed E-state index contributed by atoms with van der Waals surface area (Å²) in [5, 5.41) is 3.25. The molecule has 0 saturated heterocycles. The molecule has 0 bridgehead atoms. The van der Waals surface area contributed by atoms with E-state index in [0.29, 0.717) is 6.61 Å². The third-order valence-corrected chi connectivity index (χ3v) is 3.27. The second-order valence-electron chi connectivity index (χ2n) is 4.20. The largest absolute Gasteiger partial charge is 0.488 e. The van der Waals surface area contributed by atoms with Crippen molar-refractivity contribution in [2.24, 2.45) is 0 Å². The van der Waals surface area contributed by atoms with Gasteiger partial charge in [-0.2, -0.15) is 0 Å². The zero-order valence-electron chi connectivity index (χ0n) is 10.9. The van der Waals surface area contributed by atoms with Crippen LogP contribution in [-0.2, 0) is 6.61 Å². The highest BCUT2D eigenvalue weighted by molar-refractivity contribution is 9.10. The molecule has 1 heterocycles. The van der Waals surface area contributed by atoms with Crippen molar-refractivity contribution in [1.29, 1.82) is 0 Å². The van der Waals surface area contributed by atoms with Crippen LogP contribution < -0.4 is 10.1 Å². The molecule has 0 saturated carbocycles. The Morgan fingerprint density at radius 3 is 2.74 bits per heavy atom. The third kappa shape index (κ3) is 4.24. The summed E-state index contributed by atoms with van der Waals surface area (Å²) in [6.45, 7) is 3.59. The monoisotopic (exact) mass is 320 g/mol. The fraction of sp³-hybridized carbons (Fsp3) is 0.267. The second-order valence-corrected chi connectivity index (χ2v) is 5.05. The number of hydrogen-bond donors (Lipinski definition) is 1. The number of aromatic nitrogens is 1. The zero-order valence-corrected chi connectivity index (χ0v) is 12.5. The summed E-state index contributed by atoms with van der Waals surface area (Å²) in [6.07, 6.45) is 2.93. The van der Waals surface area contributed by atoms with E-state index in [1.165, 1.54) is 0 Å². The van der Waals surface area contributed by atoms with Gasteiger partial charge < -0.3 is 10.1 Å². The summed E-state index contributed by atoms with van der Waals surface area (Å²) in [4.78, 5) is 4.35. The number of para-hydroxylation sites is 1. The Morgan fingerprint density at radius 1 is 1.21 bits per heavy atom. The van der Waals surface area contributed by atoms with E-state index < -0.39 is 0 Å². The van der Waals surface area contributed by atoms with Crippen LogP contribution in [0.5, 0.6) is 5.75 Å². The predicted molar refractivity (Wildman–Crippen MR) is 81.5 cm³/mol. The number of ether oxygens (including phenoxy) is 1. The predicted octanol–water partition coefficient (Wildman–Crippen LogP) is 4.25. The molecule has 0 aliphatic heterocycles. The van der Waals surface area contributed by atoms with Crippen LogP contribution in [-0.4, -0.2) is 11.5 Å². The minimum atomic E-state index is 0.518. The Hall–Kier alpha value is -1.55. The van der Waals surface area contributed by atoms with Crippen LogP contribution in [0.3, 0.4) is 0 Å². The number of anilines is 1. The van der Waals surface area contributed by atoms with Crippen LogP contribution >= 0.6 is 15.9 Å². The molecule has 1 N–H and O–H groups in total. The summed E-state index contributed by atoms with van der Waals surface area (Å²) in [5.74, 6) is 1.75. The van der Waals surface area contributed by atoms with Gasteiger partial charge in [-0.1, -0.05) is 25.1 Å². The summed E-state index contributed by atoms with van der Waals surface area (Å²) < 4.78 is 6.70. The highest BCUT2D eigenvalue weighted by Crippen LogP contribution is 2.24. The van der Waals surface area contributed by atoms with E-state index in [4.69, 9.17) is 4.74 Å². The van der Waals surface area contributed by atoms with Gasteiger partial charge in [0.25, 0.3) is 0 Å². The Morgan fingerprint density at radius 2 is 2.05 bits per heavy atom. The van der Waals surface area contributed by atoms with Crippen molar-refractivity contribution in [3.8, 4) is 5.75 Å². The molecule has 19 heavy (non-hydrogen) atoms. The van der Waals surface area contributed by atoms with E-state index in [2.05, 4.69) is 33.2 Å². The highest BCUT2D eigenvalue weighted by Gasteiger charge is 2.01. The number of nitrogens with one attached hydrogen (secondary N) is 1. The van der Waals surface area contributed by atoms with Crippen molar-refractivity contribution in [2.45, 2.75) is 20.0 Å². The summed E-state index contributed by atoms with van der Waals surface area (Å²) in [6, 6.07) is 11.8. The molecular weight excluding hydrogens is 304 g/mol. The fourth-order valence-electron chi connectivity index (χ4n) is 1.59. The molecule has 0 unspecified atom stereocenters. The average molecular weight is 321 g/mol. The van der Waals surface area contributed by atoms with Gasteiger partial charge in [-0.05, 0) is 40.5 Å². The fourth-order valence-corrected chi connectivity index (χ4v) is 1.99. The standard InChI is InChI=1S/C15H17BrN2O/c1-2-9-17-15-8-7-12(10-18-15)11-19-14-6-4-3-5-13(14)16/h3-8,10H,2,9,11H2,1H3,(H,17,18). The molecule has 0 aliphatic rings. The van der Waals surface area contributed by atoms with Crippen molar-refractivity contribution >= 4 is 21.7 Å². The Balaban J connectivity index is 1.91. The molecule has 1 aromatic carbocycles. The van der Waals surface area contributed by atoms with E-state index in [0.717, 1.165) is 34.6 Å². The molecule has 2 rings (SSSR count). The first-order chi connectivity index (χ1) is 9.29. The van der Waals surface area contributed by atoms with Crippen LogP contribution in [0.2, 0.25) is 0 Å². The summed E-state index contributed by atoms with van der Waals surface area (Å²) in [7, 11) is 0. The van der Waals surface area contributed by atoms with Gasteiger partial charge in [0, 0.05) is 18.3 Å². The summed E-state index contributed by atoms with van der Waals surface area (Å²) >= 11 is 3.46. The molecule has 0 aliphatic carbocycles. The third-order valence-electron chi connectivity index (χ3n) is 2.61. The number of nitrogens with zero attached hydrogens (tertiary/aromatic N) is 1. The normalized spacial score (nSPS) is 10.2. The van der Waals surface area contributed by atoms with Crippen molar-refractivity contribution in [1.82, 2.24) is 4.98 Å². The van der Waals surface area contributed by atoms with Crippen LogP contribution in [0.15, 0.2) is 47.1 Å². The number of hydrogen-bond acceptors (Lipinski definition) is 3. The Bertz CT molecular complexity index is 514.